The second-order valence-corrected chi connectivity index (χ2v) is 5.50. The highest BCUT2D eigenvalue weighted by Gasteiger charge is 2.24. The second kappa shape index (κ2) is 5.93. The van der Waals surface area contributed by atoms with Crippen molar-refractivity contribution in [3.8, 4) is 0 Å². The van der Waals surface area contributed by atoms with Crippen LogP contribution in [0.3, 0.4) is 0 Å². The fourth-order valence-corrected chi connectivity index (χ4v) is 3.14. The van der Waals surface area contributed by atoms with Crippen LogP contribution in [-0.2, 0) is 0 Å². The summed E-state index contributed by atoms with van der Waals surface area (Å²) in [6.45, 7) is 0.649. The molecule has 0 amide bonds. The zero-order chi connectivity index (χ0) is 13.9. The predicted octanol–water partition coefficient (Wildman–Crippen LogP) is 2.14. The molecule has 0 spiro atoms. The van der Waals surface area contributed by atoms with Crippen molar-refractivity contribution in [2.75, 3.05) is 18.1 Å². The monoisotopic (exact) mass is 295 g/mol. The zero-order valence-corrected chi connectivity index (χ0v) is 12.0. The first kappa shape index (κ1) is 13.6. The summed E-state index contributed by atoms with van der Waals surface area (Å²) in [6.07, 6.45) is 7.70. The molecule has 20 heavy (non-hydrogen) atoms. The van der Waals surface area contributed by atoms with Crippen molar-refractivity contribution in [2.24, 2.45) is 0 Å². The van der Waals surface area contributed by atoms with Gasteiger partial charge in [0.15, 0.2) is 5.65 Å². The van der Waals surface area contributed by atoms with E-state index in [1.807, 2.05) is 0 Å². The third-order valence-electron chi connectivity index (χ3n) is 3.89. The minimum absolute atomic E-state index is 0.0947. The number of nitrogens with one attached hydrogen (secondary N) is 1. The lowest BCUT2D eigenvalue weighted by Gasteiger charge is -2.35. The van der Waals surface area contributed by atoms with Gasteiger partial charge in [-0.3, -0.25) is 5.10 Å². The first-order valence-corrected chi connectivity index (χ1v) is 7.41. The smallest absolute Gasteiger partial charge is 0.226 e. The molecule has 1 saturated carbocycles. The largest absolute Gasteiger partial charge is 0.395 e. The Morgan fingerprint density at radius 3 is 2.85 bits per heavy atom. The van der Waals surface area contributed by atoms with E-state index >= 15 is 0 Å². The molecule has 1 aliphatic rings. The lowest BCUT2D eigenvalue weighted by molar-refractivity contribution is 0.289. The molecule has 0 aliphatic heterocycles. The van der Waals surface area contributed by atoms with Gasteiger partial charge in [-0.2, -0.15) is 15.1 Å². The van der Waals surface area contributed by atoms with Crippen LogP contribution < -0.4 is 4.90 Å². The van der Waals surface area contributed by atoms with E-state index in [0.29, 0.717) is 18.2 Å². The SMILES string of the molecule is OCCN(c1nc(Cl)nc2[nH]ncc12)C1CCCCC1. The molecule has 2 aromatic rings. The summed E-state index contributed by atoms with van der Waals surface area (Å²) in [7, 11) is 0. The Balaban J connectivity index is 2.01. The molecular weight excluding hydrogens is 278 g/mol. The van der Waals surface area contributed by atoms with E-state index in [4.69, 9.17) is 11.6 Å². The fourth-order valence-electron chi connectivity index (χ4n) is 2.97. The number of halogens is 1. The summed E-state index contributed by atoms with van der Waals surface area (Å²) < 4.78 is 0. The van der Waals surface area contributed by atoms with Crippen LogP contribution in [-0.4, -0.2) is 44.5 Å². The molecule has 0 aromatic carbocycles. The highest BCUT2D eigenvalue weighted by molar-refractivity contribution is 6.28. The van der Waals surface area contributed by atoms with Crippen molar-refractivity contribution in [3.63, 3.8) is 0 Å². The maximum atomic E-state index is 9.38. The van der Waals surface area contributed by atoms with E-state index in [1.165, 1.54) is 19.3 Å². The van der Waals surface area contributed by atoms with Crippen molar-refractivity contribution < 1.29 is 5.11 Å². The van der Waals surface area contributed by atoms with E-state index in [1.54, 1.807) is 6.20 Å². The van der Waals surface area contributed by atoms with E-state index in [-0.39, 0.29) is 11.9 Å². The zero-order valence-electron chi connectivity index (χ0n) is 11.2. The molecule has 108 valence electrons. The first-order chi connectivity index (χ1) is 9.79. The van der Waals surface area contributed by atoms with Gasteiger partial charge in [-0.25, -0.2) is 0 Å². The van der Waals surface area contributed by atoms with Gasteiger partial charge in [-0.1, -0.05) is 19.3 Å². The van der Waals surface area contributed by atoms with Crippen LogP contribution in [0.25, 0.3) is 11.0 Å². The average Bonchev–Trinajstić information content (AvgIpc) is 2.93. The molecule has 0 radical (unpaired) electrons. The lowest BCUT2D eigenvalue weighted by Crippen LogP contribution is -2.39. The predicted molar refractivity (Wildman–Crippen MR) is 78.0 cm³/mol. The van der Waals surface area contributed by atoms with Crippen LogP contribution in [0.4, 0.5) is 5.82 Å². The summed E-state index contributed by atoms with van der Waals surface area (Å²) in [5, 5.41) is 17.3. The Morgan fingerprint density at radius 2 is 2.10 bits per heavy atom. The van der Waals surface area contributed by atoms with Crippen molar-refractivity contribution in [2.45, 2.75) is 38.1 Å². The first-order valence-electron chi connectivity index (χ1n) is 7.03. The highest BCUT2D eigenvalue weighted by Crippen LogP contribution is 2.30. The molecule has 2 aromatic heterocycles. The minimum atomic E-state index is 0.0947. The number of aliphatic hydroxyl groups excluding tert-OH is 1. The normalized spacial score (nSPS) is 16.7. The number of anilines is 1. The number of aromatic amines is 1. The number of aromatic nitrogens is 4. The number of H-pyrrole nitrogens is 1. The van der Waals surface area contributed by atoms with Gasteiger partial charge in [0.2, 0.25) is 5.28 Å². The molecule has 3 rings (SSSR count). The summed E-state index contributed by atoms with van der Waals surface area (Å²) >= 11 is 6.00. The molecule has 2 heterocycles. The minimum Gasteiger partial charge on any atom is -0.395 e. The lowest BCUT2D eigenvalue weighted by atomic mass is 9.94. The summed E-state index contributed by atoms with van der Waals surface area (Å²) in [5.74, 6) is 0.773. The number of nitrogens with zero attached hydrogens (tertiary/aromatic N) is 4. The third kappa shape index (κ3) is 2.58. The summed E-state index contributed by atoms with van der Waals surface area (Å²) in [5.41, 5.74) is 0.638. The number of fused-ring (bicyclic) bond motifs is 1. The highest BCUT2D eigenvalue weighted by atomic mass is 35.5. The van der Waals surface area contributed by atoms with E-state index in [9.17, 15) is 5.11 Å². The molecule has 6 nitrogen and oxygen atoms in total. The van der Waals surface area contributed by atoms with Gasteiger partial charge in [-0.05, 0) is 24.4 Å². The third-order valence-corrected chi connectivity index (χ3v) is 4.06. The summed E-state index contributed by atoms with van der Waals surface area (Å²) in [4.78, 5) is 10.7. The second-order valence-electron chi connectivity index (χ2n) is 5.16. The molecule has 0 bridgehead atoms. The van der Waals surface area contributed by atoms with Crippen LogP contribution in [0, 0.1) is 0 Å². The maximum Gasteiger partial charge on any atom is 0.226 e. The van der Waals surface area contributed by atoms with Gasteiger partial charge in [-0.15, -0.1) is 0 Å². The van der Waals surface area contributed by atoms with Crippen molar-refractivity contribution in [1.82, 2.24) is 20.2 Å². The van der Waals surface area contributed by atoms with Crippen molar-refractivity contribution >= 4 is 28.5 Å². The molecular formula is C13H18ClN5O. The van der Waals surface area contributed by atoms with Crippen LogP contribution in [0.15, 0.2) is 6.20 Å². The Hall–Kier alpha value is -1.40. The van der Waals surface area contributed by atoms with Gasteiger partial charge in [0.1, 0.15) is 5.82 Å². The fraction of sp³-hybridized carbons (Fsp3) is 0.615. The van der Waals surface area contributed by atoms with Crippen LogP contribution in [0.2, 0.25) is 5.28 Å². The summed E-state index contributed by atoms with van der Waals surface area (Å²) in [6, 6.07) is 0.403. The molecule has 7 heteroatoms. The maximum absolute atomic E-state index is 9.38. The van der Waals surface area contributed by atoms with Gasteiger partial charge >= 0.3 is 0 Å². The van der Waals surface area contributed by atoms with Crippen molar-refractivity contribution in [3.05, 3.63) is 11.5 Å². The van der Waals surface area contributed by atoms with Crippen LogP contribution in [0.5, 0.6) is 0 Å². The molecule has 1 aliphatic carbocycles. The quantitative estimate of drug-likeness (QED) is 0.845. The van der Waals surface area contributed by atoms with Gasteiger partial charge in [0, 0.05) is 12.6 Å². The van der Waals surface area contributed by atoms with E-state index in [2.05, 4.69) is 25.1 Å². The Labute approximate surface area is 122 Å². The molecule has 0 unspecified atom stereocenters. The Morgan fingerprint density at radius 1 is 1.30 bits per heavy atom. The van der Waals surface area contributed by atoms with E-state index < -0.39 is 0 Å². The van der Waals surface area contributed by atoms with Gasteiger partial charge in [0.05, 0.1) is 18.2 Å². The molecule has 0 saturated heterocycles. The van der Waals surface area contributed by atoms with Crippen LogP contribution >= 0.6 is 11.6 Å². The van der Waals surface area contributed by atoms with E-state index in [0.717, 1.165) is 24.0 Å². The Bertz CT molecular complexity index is 581. The van der Waals surface area contributed by atoms with Crippen LogP contribution in [0.1, 0.15) is 32.1 Å². The number of rotatable bonds is 4. The average molecular weight is 296 g/mol. The number of hydrogen-bond donors (Lipinski definition) is 2. The molecule has 1 fully saturated rings. The van der Waals surface area contributed by atoms with Gasteiger partial charge in [0.25, 0.3) is 0 Å². The standard InChI is InChI=1S/C13H18ClN5O/c14-13-16-11-10(8-15-18-11)12(17-13)19(6-7-20)9-4-2-1-3-5-9/h8-9,20H,1-7H2,(H,15,16,17,18). The number of aliphatic hydroxyl groups is 1. The number of hydrogen-bond acceptors (Lipinski definition) is 5. The molecule has 0 atom stereocenters. The van der Waals surface area contributed by atoms with Gasteiger partial charge < -0.3 is 10.0 Å². The molecule has 2 N–H and O–H groups in total. The van der Waals surface area contributed by atoms with Crippen molar-refractivity contribution in [1.29, 1.82) is 0 Å². The topological polar surface area (TPSA) is 77.9 Å². The Kier molecular flexibility index (Phi) is 4.03.